The summed E-state index contributed by atoms with van der Waals surface area (Å²) in [6, 6.07) is 0. The lowest BCUT2D eigenvalue weighted by Gasteiger charge is -2.01. The normalized spacial score (nSPS) is 10.4. The summed E-state index contributed by atoms with van der Waals surface area (Å²) in [6.07, 6.45) is 5.07. The Bertz CT molecular complexity index is 94.9. The number of Topliss-reactive ketones (excluding diaryl/α,β-unsaturated/α-hetero) is 1. The van der Waals surface area contributed by atoms with Gasteiger partial charge in [0.05, 0.1) is 0 Å². The fourth-order valence-corrected chi connectivity index (χ4v) is 0.684. The Labute approximate surface area is 63.8 Å². The van der Waals surface area contributed by atoms with Crippen LogP contribution < -0.4 is 0 Å². The molecule has 0 amide bonds. The SMILES string of the molecule is CCCC[CH]C(=O)C(C)C. The van der Waals surface area contributed by atoms with Crippen molar-refractivity contribution in [3.8, 4) is 0 Å². The molecule has 0 aromatic rings. The van der Waals surface area contributed by atoms with E-state index in [0.717, 1.165) is 12.8 Å². The van der Waals surface area contributed by atoms with Crippen LogP contribution in [-0.4, -0.2) is 5.78 Å². The zero-order chi connectivity index (χ0) is 7.98. The highest BCUT2D eigenvalue weighted by atomic mass is 16.1. The molecule has 0 atom stereocenters. The molecule has 0 aliphatic carbocycles. The highest BCUT2D eigenvalue weighted by Crippen LogP contribution is 2.03. The van der Waals surface area contributed by atoms with E-state index in [1.807, 2.05) is 20.3 Å². The van der Waals surface area contributed by atoms with Crippen LogP contribution in [0, 0.1) is 12.3 Å². The summed E-state index contributed by atoms with van der Waals surface area (Å²) in [5.74, 6) is 0.463. The number of ketones is 1. The van der Waals surface area contributed by atoms with E-state index in [1.54, 1.807) is 0 Å². The Morgan fingerprint density at radius 3 is 2.50 bits per heavy atom. The molecule has 0 unspecified atom stereocenters. The van der Waals surface area contributed by atoms with Crippen molar-refractivity contribution in [2.75, 3.05) is 0 Å². The number of rotatable bonds is 5. The van der Waals surface area contributed by atoms with Gasteiger partial charge in [0.25, 0.3) is 0 Å². The summed E-state index contributed by atoms with van der Waals surface area (Å²) in [5.41, 5.74) is 0. The minimum atomic E-state index is 0.178. The van der Waals surface area contributed by atoms with Gasteiger partial charge in [0.1, 0.15) is 5.78 Å². The molecule has 1 radical (unpaired) electrons. The molecule has 1 nitrogen and oxygen atoms in total. The second kappa shape index (κ2) is 5.45. The lowest BCUT2D eigenvalue weighted by Crippen LogP contribution is -2.06. The number of unbranched alkanes of at least 4 members (excludes halogenated alkanes) is 2. The van der Waals surface area contributed by atoms with Gasteiger partial charge in [0.15, 0.2) is 0 Å². The van der Waals surface area contributed by atoms with Crippen LogP contribution in [0.3, 0.4) is 0 Å². The molecule has 0 bridgehead atoms. The van der Waals surface area contributed by atoms with E-state index < -0.39 is 0 Å². The van der Waals surface area contributed by atoms with Gasteiger partial charge in [-0.1, -0.05) is 33.6 Å². The minimum Gasteiger partial charge on any atom is -0.299 e. The van der Waals surface area contributed by atoms with Crippen molar-refractivity contribution in [2.45, 2.75) is 40.0 Å². The summed E-state index contributed by atoms with van der Waals surface area (Å²) < 4.78 is 0. The Balaban J connectivity index is 3.22. The molecule has 10 heavy (non-hydrogen) atoms. The molecule has 0 spiro atoms. The highest BCUT2D eigenvalue weighted by Gasteiger charge is 2.05. The summed E-state index contributed by atoms with van der Waals surface area (Å²) in [7, 11) is 0. The number of carbonyl (C=O) groups excluding carboxylic acids is 1. The third-order valence-electron chi connectivity index (χ3n) is 1.47. The number of hydrogen-bond acceptors (Lipinski definition) is 1. The Kier molecular flexibility index (Phi) is 5.27. The highest BCUT2D eigenvalue weighted by molar-refractivity contribution is 5.88. The van der Waals surface area contributed by atoms with E-state index >= 15 is 0 Å². The number of carbonyl (C=O) groups is 1. The topological polar surface area (TPSA) is 17.1 Å². The smallest absolute Gasteiger partial charge is 0.139 e. The van der Waals surface area contributed by atoms with Gasteiger partial charge in [-0.3, -0.25) is 4.79 Å². The van der Waals surface area contributed by atoms with Gasteiger partial charge in [0.2, 0.25) is 0 Å². The molecular formula is C9H17O. The minimum absolute atomic E-state index is 0.178. The fourth-order valence-electron chi connectivity index (χ4n) is 0.684. The van der Waals surface area contributed by atoms with Crippen molar-refractivity contribution < 1.29 is 4.79 Å². The van der Waals surface area contributed by atoms with Crippen LogP contribution in [0.15, 0.2) is 0 Å². The molecule has 0 heterocycles. The van der Waals surface area contributed by atoms with Gasteiger partial charge in [-0.05, 0) is 6.42 Å². The first kappa shape index (κ1) is 9.67. The maximum Gasteiger partial charge on any atom is 0.139 e. The molecule has 1 heteroatoms. The summed E-state index contributed by atoms with van der Waals surface area (Å²) in [4.78, 5) is 11.0. The van der Waals surface area contributed by atoms with Crippen LogP contribution in [0.2, 0.25) is 0 Å². The van der Waals surface area contributed by atoms with Crippen LogP contribution in [-0.2, 0) is 4.79 Å². The maximum absolute atomic E-state index is 11.0. The first-order chi connectivity index (χ1) is 4.68. The van der Waals surface area contributed by atoms with Crippen LogP contribution in [0.5, 0.6) is 0 Å². The first-order valence-electron chi connectivity index (χ1n) is 4.05. The molecule has 0 rings (SSSR count). The van der Waals surface area contributed by atoms with E-state index in [-0.39, 0.29) is 11.7 Å². The molecule has 0 saturated heterocycles. The Hall–Kier alpha value is -0.330. The van der Waals surface area contributed by atoms with Crippen molar-refractivity contribution in [1.29, 1.82) is 0 Å². The fraction of sp³-hybridized carbons (Fsp3) is 0.778. The maximum atomic E-state index is 11.0. The van der Waals surface area contributed by atoms with Gasteiger partial charge in [-0.2, -0.15) is 0 Å². The molecule has 0 saturated carbocycles. The van der Waals surface area contributed by atoms with Gasteiger partial charge in [0, 0.05) is 12.3 Å². The zero-order valence-corrected chi connectivity index (χ0v) is 7.18. The monoisotopic (exact) mass is 141 g/mol. The van der Waals surface area contributed by atoms with Crippen molar-refractivity contribution >= 4 is 5.78 Å². The predicted octanol–water partition coefficient (Wildman–Crippen LogP) is 2.61. The van der Waals surface area contributed by atoms with Crippen molar-refractivity contribution in [2.24, 2.45) is 5.92 Å². The molecule has 59 valence electrons. The average molecular weight is 141 g/mol. The molecule has 0 aromatic heterocycles. The molecule has 0 N–H and O–H groups in total. The van der Waals surface area contributed by atoms with Gasteiger partial charge in [-0.15, -0.1) is 0 Å². The second-order valence-corrected chi connectivity index (χ2v) is 2.90. The molecular weight excluding hydrogens is 124 g/mol. The standard InChI is InChI=1S/C9H17O/c1-4-5-6-7-9(10)8(2)3/h7-8H,4-6H2,1-3H3. The quantitative estimate of drug-likeness (QED) is 0.538. The van der Waals surface area contributed by atoms with Gasteiger partial charge in [-0.25, -0.2) is 0 Å². The third-order valence-corrected chi connectivity index (χ3v) is 1.47. The third kappa shape index (κ3) is 4.54. The summed E-state index contributed by atoms with van der Waals surface area (Å²) in [6.45, 7) is 6.00. The summed E-state index contributed by atoms with van der Waals surface area (Å²) in [5, 5.41) is 0. The second-order valence-electron chi connectivity index (χ2n) is 2.90. The molecule has 0 fully saturated rings. The largest absolute Gasteiger partial charge is 0.299 e. The van der Waals surface area contributed by atoms with Crippen LogP contribution >= 0.6 is 0 Å². The van der Waals surface area contributed by atoms with Crippen LogP contribution in [0.4, 0.5) is 0 Å². The molecule has 0 aliphatic heterocycles. The zero-order valence-electron chi connectivity index (χ0n) is 7.18. The average Bonchev–Trinajstić information content (AvgIpc) is 1.88. The van der Waals surface area contributed by atoms with Crippen molar-refractivity contribution in [3.05, 3.63) is 6.42 Å². The van der Waals surface area contributed by atoms with Crippen molar-refractivity contribution in [3.63, 3.8) is 0 Å². The molecule has 0 aliphatic rings. The number of hydrogen-bond donors (Lipinski definition) is 0. The lowest BCUT2D eigenvalue weighted by molar-refractivity contribution is -0.118. The van der Waals surface area contributed by atoms with E-state index in [4.69, 9.17) is 0 Å². The summed E-state index contributed by atoms with van der Waals surface area (Å²) >= 11 is 0. The van der Waals surface area contributed by atoms with E-state index in [1.165, 1.54) is 6.42 Å². The molecule has 0 aromatic carbocycles. The Morgan fingerprint density at radius 2 is 2.10 bits per heavy atom. The van der Waals surface area contributed by atoms with Gasteiger partial charge < -0.3 is 0 Å². The van der Waals surface area contributed by atoms with Crippen LogP contribution in [0.25, 0.3) is 0 Å². The first-order valence-corrected chi connectivity index (χ1v) is 4.05. The van der Waals surface area contributed by atoms with E-state index in [2.05, 4.69) is 6.92 Å². The van der Waals surface area contributed by atoms with Crippen LogP contribution in [0.1, 0.15) is 40.0 Å². The lowest BCUT2D eigenvalue weighted by atomic mass is 10.0. The van der Waals surface area contributed by atoms with E-state index in [9.17, 15) is 4.79 Å². The predicted molar refractivity (Wildman–Crippen MR) is 43.7 cm³/mol. The van der Waals surface area contributed by atoms with E-state index in [0.29, 0.717) is 0 Å². The van der Waals surface area contributed by atoms with Crippen molar-refractivity contribution in [1.82, 2.24) is 0 Å². The Morgan fingerprint density at radius 1 is 1.50 bits per heavy atom. The van der Waals surface area contributed by atoms with Gasteiger partial charge >= 0.3 is 0 Å².